The number of benzene rings is 3. The number of para-hydroxylation sites is 2. The molecule has 1 aliphatic rings. The van der Waals surface area contributed by atoms with E-state index in [1.165, 1.54) is 5.56 Å². The van der Waals surface area contributed by atoms with Gasteiger partial charge in [-0.1, -0.05) is 36.4 Å². The van der Waals surface area contributed by atoms with Crippen LogP contribution in [0.15, 0.2) is 83.8 Å². The van der Waals surface area contributed by atoms with Crippen molar-refractivity contribution < 1.29 is 4.79 Å². The van der Waals surface area contributed by atoms with Gasteiger partial charge in [-0.25, -0.2) is 0 Å². The molecular formula is C23H21N3OS2. The number of thioether (sulfide) groups is 1. The highest BCUT2D eigenvalue weighted by molar-refractivity contribution is 8.00. The Bertz CT molecular complexity index is 1010. The number of carbonyl (C=O) groups excluding carboxylic acids is 1. The fourth-order valence-corrected chi connectivity index (χ4v) is 4.28. The third kappa shape index (κ3) is 4.96. The van der Waals surface area contributed by atoms with Crippen LogP contribution >= 0.6 is 24.0 Å². The lowest BCUT2D eigenvalue weighted by molar-refractivity contribution is -0.116. The van der Waals surface area contributed by atoms with Crippen LogP contribution in [0.1, 0.15) is 5.56 Å². The van der Waals surface area contributed by atoms with Gasteiger partial charge in [-0.3, -0.25) is 4.79 Å². The number of rotatable bonds is 5. The molecule has 146 valence electrons. The van der Waals surface area contributed by atoms with Gasteiger partial charge in [-0.15, -0.1) is 11.8 Å². The van der Waals surface area contributed by atoms with Crippen LogP contribution in [0, 0.1) is 0 Å². The van der Waals surface area contributed by atoms with Crippen LogP contribution in [0.4, 0.5) is 17.1 Å². The molecule has 3 aromatic rings. The van der Waals surface area contributed by atoms with Gasteiger partial charge in [0.25, 0.3) is 0 Å². The van der Waals surface area contributed by atoms with Crippen molar-refractivity contribution >= 4 is 52.1 Å². The van der Waals surface area contributed by atoms with Crippen LogP contribution in [0.25, 0.3) is 0 Å². The van der Waals surface area contributed by atoms with Crippen molar-refractivity contribution in [1.29, 1.82) is 0 Å². The van der Waals surface area contributed by atoms with Gasteiger partial charge in [0.2, 0.25) is 5.91 Å². The highest BCUT2D eigenvalue weighted by atomic mass is 32.2. The summed E-state index contributed by atoms with van der Waals surface area (Å²) in [6.07, 6.45) is 0.934. The molecule has 1 aliphatic heterocycles. The van der Waals surface area contributed by atoms with Crippen molar-refractivity contribution in [1.82, 2.24) is 0 Å². The van der Waals surface area contributed by atoms with Crippen molar-refractivity contribution in [3.05, 3.63) is 84.4 Å². The van der Waals surface area contributed by atoms with E-state index in [0.29, 0.717) is 10.9 Å². The van der Waals surface area contributed by atoms with Gasteiger partial charge < -0.3 is 15.5 Å². The average Bonchev–Trinajstić information content (AvgIpc) is 3.18. The zero-order valence-electron chi connectivity index (χ0n) is 15.8. The molecule has 3 aromatic carbocycles. The van der Waals surface area contributed by atoms with E-state index in [2.05, 4.69) is 16.7 Å². The summed E-state index contributed by atoms with van der Waals surface area (Å²) in [5.74, 6) is 0.574. The zero-order chi connectivity index (χ0) is 20.1. The molecule has 0 aromatic heterocycles. The maximum Gasteiger partial charge on any atom is 0.237 e. The SMILES string of the molecule is O=C(CSc1ccc(NC(=S)Nc2ccccc2)cc1)N1CCc2ccccc21. The molecule has 0 fully saturated rings. The van der Waals surface area contributed by atoms with E-state index in [1.807, 2.05) is 77.7 Å². The van der Waals surface area contributed by atoms with E-state index in [9.17, 15) is 4.79 Å². The highest BCUT2D eigenvalue weighted by Crippen LogP contribution is 2.29. The first-order valence-electron chi connectivity index (χ1n) is 9.43. The van der Waals surface area contributed by atoms with E-state index < -0.39 is 0 Å². The Hall–Kier alpha value is -2.83. The number of fused-ring (bicyclic) bond motifs is 1. The fraction of sp³-hybridized carbons (Fsp3) is 0.130. The van der Waals surface area contributed by atoms with Gasteiger partial charge in [0.1, 0.15) is 0 Å². The van der Waals surface area contributed by atoms with Crippen LogP contribution in [0.5, 0.6) is 0 Å². The summed E-state index contributed by atoms with van der Waals surface area (Å²) >= 11 is 6.90. The lowest BCUT2D eigenvalue weighted by Gasteiger charge is -2.17. The molecule has 1 heterocycles. The molecule has 1 amide bonds. The summed E-state index contributed by atoms with van der Waals surface area (Å²) in [4.78, 5) is 15.6. The fourth-order valence-electron chi connectivity index (χ4n) is 3.27. The summed E-state index contributed by atoms with van der Waals surface area (Å²) in [7, 11) is 0. The smallest absolute Gasteiger partial charge is 0.237 e. The van der Waals surface area contributed by atoms with Crippen molar-refractivity contribution in [2.24, 2.45) is 0 Å². The first-order chi connectivity index (χ1) is 14.2. The summed E-state index contributed by atoms with van der Waals surface area (Å²) in [5, 5.41) is 6.86. The van der Waals surface area contributed by atoms with E-state index >= 15 is 0 Å². The topological polar surface area (TPSA) is 44.4 Å². The van der Waals surface area contributed by atoms with Crippen LogP contribution in [-0.2, 0) is 11.2 Å². The van der Waals surface area contributed by atoms with Gasteiger partial charge in [-0.05, 0) is 66.7 Å². The molecule has 0 saturated carbocycles. The Morgan fingerprint density at radius 1 is 0.897 bits per heavy atom. The average molecular weight is 420 g/mol. The normalized spacial score (nSPS) is 12.3. The quantitative estimate of drug-likeness (QED) is 0.441. The largest absolute Gasteiger partial charge is 0.332 e. The summed E-state index contributed by atoms with van der Waals surface area (Å²) < 4.78 is 0. The molecule has 4 nitrogen and oxygen atoms in total. The monoisotopic (exact) mass is 419 g/mol. The number of nitrogens with zero attached hydrogens (tertiary/aromatic N) is 1. The molecule has 0 spiro atoms. The second-order valence-electron chi connectivity index (χ2n) is 6.68. The predicted octanol–water partition coefficient (Wildman–Crippen LogP) is 5.18. The van der Waals surface area contributed by atoms with Crippen LogP contribution in [-0.4, -0.2) is 23.3 Å². The lowest BCUT2D eigenvalue weighted by atomic mass is 10.2. The number of anilines is 3. The molecule has 6 heteroatoms. The van der Waals surface area contributed by atoms with Crippen molar-refractivity contribution in [2.75, 3.05) is 27.8 Å². The predicted molar refractivity (Wildman–Crippen MR) is 126 cm³/mol. The van der Waals surface area contributed by atoms with Crippen molar-refractivity contribution in [3.63, 3.8) is 0 Å². The third-order valence-electron chi connectivity index (χ3n) is 4.69. The lowest BCUT2D eigenvalue weighted by Crippen LogP contribution is -2.30. The Morgan fingerprint density at radius 2 is 1.55 bits per heavy atom. The maximum absolute atomic E-state index is 12.6. The molecule has 2 N–H and O–H groups in total. The third-order valence-corrected chi connectivity index (χ3v) is 5.90. The molecule has 0 atom stereocenters. The summed E-state index contributed by atoms with van der Waals surface area (Å²) in [6.45, 7) is 0.771. The zero-order valence-corrected chi connectivity index (χ0v) is 17.4. The van der Waals surface area contributed by atoms with E-state index in [0.717, 1.165) is 34.9 Å². The second-order valence-corrected chi connectivity index (χ2v) is 8.14. The molecule has 0 unspecified atom stereocenters. The number of amides is 1. The maximum atomic E-state index is 12.6. The number of hydrogen-bond donors (Lipinski definition) is 2. The minimum absolute atomic E-state index is 0.149. The number of hydrogen-bond acceptors (Lipinski definition) is 3. The number of carbonyl (C=O) groups is 1. The standard InChI is InChI=1S/C23H21N3OS2/c27-22(26-15-14-17-6-4-5-9-21(17)26)16-29-20-12-10-19(11-13-20)25-23(28)24-18-7-2-1-3-8-18/h1-13H,14-16H2,(H2,24,25,28). The minimum Gasteiger partial charge on any atom is -0.332 e. The highest BCUT2D eigenvalue weighted by Gasteiger charge is 2.23. The first kappa shape index (κ1) is 19.5. The Labute approximate surface area is 180 Å². The van der Waals surface area contributed by atoms with E-state index in [4.69, 9.17) is 12.2 Å². The minimum atomic E-state index is 0.149. The van der Waals surface area contributed by atoms with Gasteiger partial charge in [-0.2, -0.15) is 0 Å². The summed E-state index contributed by atoms with van der Waals surface area (Å²) in [6, 6.07) is 25.9. The van der Waals surface area contributed by atoms with Gasteiger partial charge in [0, 0.05) is 28.5 Å². The molecule has 0 bridgehead atoms. The number of nitrogens with one attached hydrogen (secondary N) is 2. The molecule has 0 radical (unpaired) electrons. The van der Waals surface area contributed by atoms with Crippen LogP contribution in [0.2, 0.25) is 0 Å². The second kappa shape index (κ2) is 9.11. The molecule has 0 aliphatic carbocycles. The van der Waals surface area contributed by atoms with E-state index in [1.54, 1.807) is 11.8 Å². The van der Waals surface area contributed by atoms with Gasteiger partial charge in [0.05, 0.1) is 5.75 Å². The number of thiocarbonyl (C=S) groups is 1. The first-order valence-corrected chi connectivity index (χ1v) is 10.8. The van der Waals surface area contributed by atoms with Crippen LogP contribution in [0.3, 0.4) is 0 Å². The molecule has 4 rings (SSSR count). The van der Waals surface area contributed by atoms with Gasteiger partial charge >= 0.3 is 0 Å². The Morgan fingerprint density at radius 3 is 2.31 bits per heavy atom. The van der Waals surface area contributed by atoms with Gasteiger partial charge in [0.15, 0.2) is 5.11 Å². The molecule has 0 saturated heterocycles. The van der Waals surface area contributed by atoms with Crippen molar-refractivity contribution in [2.45, 2.75) is 11.3 Å². The van der Waals surface area contributed by atoms with Crippen LogP contribution < -0.4 is 15.5 Å². The van der Waals surface area contributed by atoms with E-state index in [-0.39, 0.29) is 5.91 Å². The van der Waals surface area contributed by atoms with Crippen molar-refractivity contribution in [3.8, 4) is 0 Å². The Balaban J connectivity index is 1.28. The molecular weight excluding hydrogens is 398 g/mol. The molecule has 29 heavy (non-hydrogen) atoms. The Kier molecular flexibility index (Phi) is 6.12. The summed E-state index contributed by atoms with van der Waals surface area (Å²) in [5.41, 5.74) is 4.15.